The van der Waals surface area contributed by atoms with E-state index in [2.05, 4.69) is 10.2 Å². The molecule has 4 aliphatic rings. The third-order valence-corrected chi connectivity index (χ3v) is 6.59. The number of nitrogens with one attached hydrogen (secondary N) is 1. The molecule has 4 rings (SSSR count). The lowest BCUT2D eigenvalue weighted by atomic mass is 9.46. The van der Waals surface area contributed by atoms with E-state index in [4.69, 9.17) is 4.74 Å². The number of β-amino-alcohol motifs (C(OH)–C–C–N with tert-alkyl or cyclic N) is 1. The van der Waals surface area contributed by atoms with Crippen LogP contribution in [0.15, 0.2) is 0 Å². The van der Waals surface area contributed by atoms with Crippen LogP contribution in [0.4, 0.5) is 4.79 Å². The largest absolute Gasteiger partial charge is 0.389 e. The number of piperazine rings is 1. The summed E-state index contributed by atoms with van der Waals surface area (Å²) < 4.78 is 5.93. The predicted molar refractivity (Wildman–Crippen MR) is 90.8 cm³/mol. The van der Waals surface area contributed by atoms with E-state index in [1.54, 1.807) is 0 Å². The van der Waals surface area contributed by atoms with Gasteiger partial charge >= 0.3 is 6.03 Å². The van der Waals surface area contributed by atoms with Gasteiger partial charge < -0.3 is 20.1 Å². The molecule has 2 heterocycles. The van der Waals surface area contributed by atoms with Crippen molar-refractivity contribution in [1.29, 1.82) is 0 Å². The van der Waals surface area contributed by atoms with Crippen LogP contribution in [0.1, 0.15) is 39.5 Å². The third-order valence-electron chi connectivity index (χ3n) is 6.59. The van der Waals surface area contributed by atoms with Crippen LogP contribution in [-0.4, -0.2) is 78.0 Å². The lowest BCUT2D eigenvalue weighted by Crippen LogP contribution is -2.72. The second-order valence-corrected chi connectivity index (χ2v) is 8.83. The molecule has 2 N–H and O–H groups in total. The number of fused-ring (bicyclic) bond motifs is 2. The molecule has 1 spiro atoms. The fraction of sp³-hybridized carbons (Fsp3) is 0.944. The zero-order chi connectivity index (χ0) is 16.9. The Morgan fingerprint density at radius 3 is 2.58 bits per heavy atom. The minimum absolute atomic E-state index is 0.0968. The van der Waals surface area contributed by atoms with Crippen molar-refractivity contribution in [3.8, 4) is 0 Å². The maximum atomic E-state index is 12.7. The number of aliphatic hydroxyl groups is 1. The number of urea groups is 1. The summed E-state index contributed by atoms with van der Waals surface area (Å²) in [6.45, 7) is 8.35. The maximum absolute atomic E-state index is 12.7. The molecule has 2 aliphatic heterocycles. The second kappa shape index (κ2) is 5.85. The van der Waals surface area contributed by atoms with Crippen LogP contribution >= 0.6 is 0 Å². The molecule has 6 nitrogen and oxygen atoms in total. The number of carbonyl (C=O) groups excluding carboxylic acids is 1. The van der Waals surface area contributed by atoms with E-state index in [1.165, 1.54) is 19.3 Å². The molecule has 24 heavy (non-hydrogen) atoms. The lowest BCUT2D eigenvalue weighted by Gasteiger charge is -2.63. The quantitative estimate of drug-likeness (QED) is 0.808. The molecule has 2 saturated carbocycles. The Balaban J connectivity index is 1.30. The van der Waals surface area contributed by atoms with Gasteiger partial charge in [-0.2, -0.15) is 0 Å². The van der Waals surface area contributed by atoms with Crippen LogP contribution in [0.3, 0.4) is 0 Å². The number of ether oxygens (including phenoxy) is 1. The maximum Gasteiger partial charge on any atom is 0.317 e. The molecular formula is C18H31N3O3. The summed E-state index contributed by atoms with van der Waals surface area (Å²) in [5, 5.41) is 13.3. The molecule has 2 amide bonds. The zero-order valence-electron chi connectivity index (χ0n) is 15.0. The molecule has 3 atom stereocenters. The highest BCUT2D eigenvalue weighted by Gasteiger charge is 2.67. The van der Waals surface area contributed by atoms with Gasteiger partial charge in [-0.15, -0.1) is 0 Å². The Morgan fingerprint density at radius 2 is 2.00 bits per heavy atom. The topological polar surface area (TPSA) is 65.0 Å². The van der Waals surface area contributed by atoms with Crippen LogP contribution in [0, 0.1) is 11.3 Å². The minimum Gasteiger partial charge on any atom is -0.389 e. The van der Waals surface area contributed by atoms with Crippen molar-refractivity contribution in [3.63, 3.8) is 0 Å². The molecule has 0 bridgehead atoms. The van der Waals surface area contributed by atoms with Crippen LogP contribution in [0.5, 0.6) is 0 Å². The van der Waals surface area contributed by atoms with Gasteiger partial charge in [-0.25, -0.2) is 4.79 Å². The van der Waals surface area contributed by atoms with Crippen molar-refractivity contribution in [2.75, 3.05) is 39.3 Å². The van der Waals surface area contributed by atoms with E-state index in [1.807, 2.05) is 18.7 Å². The van der Waals surface area contributed by atoms with Gasteiger partial charge in [-0.1, -0.05) is 6.42 Å². The summed E-state index contributed by atoms with van der Waals surface area (Å²) >= 11 is 0. The van der Waals surface area contributed by atoms with Crippen molar-refractivity contribution in [2.24, 2.45) is 11.3 Å². The fourth-order valence-electron chi connectivity index (χ4n) is 5.34. The van der Waals surface area contributed by atoms with Crippen molar-refractivity contribution >= 4 is 6.03 Å². The monoisotopic (exact) mass is 337 g/mol. The summed E-state index contributed by atoms with van der Waals surface area (Å²) in [7, 11) is 0. The van der Waals surface area contributed by atoms with Crippen LogP contribution in [0.2, 0.25) is 0 Å². The van der Waals surface area contributed by atoms with Crippen molar-refractivity contribution in [2.45, 2.75) is 57.3 Å². The number of hydrogen-bond donors (Lipinski definition) is 2. The lowest BCUT2D eigenvalue weighted by molar-refractivity contribution is -0.172. The summed E-state index contributed by atoms with van der Waals surface area (Å²) in [6.07, 6.45) is 5.18. The summed E-state index contributed by atoms with van der Waals surface area (Å²) in [5.41, 5.74) is -0.427. The number of hydrogen-bond acceptors (Lipinski definition) is 4. The first-order chi connectivity index (χ1) is 11.4. The van der Waals surface area contributed by atoms with Gasteiger partial charge in [0.2, 0.25) is 0 Å². The zero-order valence-corrected chi connectivity index (χ0v) is 15.0. The summed E-state index contributed by atoms with van der Waals surface area (Å²) in [4.78, 5) is 16.9. The molecular weight excluding hydrogens is 306 g/mol. The standard InChI is InChI=1S/C18H31N3O3/c1-17(2,23)12-20-7-9-21(10-8-20)16(22)19-14-13-4-11-24-15(13)18(14)5-3-6-18/h13-15,23H,3-12H2,1-2H3,(H,19,22)/t13-,14-,15-/m1/s1. The van der Waals surface area contributed by atoms with Crippen molar-refractivity contribution in [1.82, 2.24) is 15.1 Å². The highest BCUT2D eigenvalue weighted by atomic mass is 16.5. The Morgan fingerprint density at radius 1 is 1.29 bits per heavy atom. The van der Waals surface area contributed by atoms with Crippen LogP contribution < -0.4 is 5.32 Å². The predicted octanol–water partition coefficient (Wildman–Crippen LogP) is 1.04. The normalized spacial score (nSPS) is 35.3. The van der Waals surface area contributed by atoms with Crippen LogP contribution in [-0.2, 0) is 4.74 Å². The van der Waals surface area contributed by atoms with Gasteiger partial charge in [0.1, 0.15) is 0 Å². The minimum atomic E-state index is -0.676. The number of rotatable bonds is 3. The van der Waals surface area contributed by atoms with Crippen molar-refractivity contribution < 1.29 is 14.6 Å². The van der Waals surface area contributed by atoms with Gasteiger partial charge in [-0.05, 0) is 33.1 Å². The third kappa shape index (κ3) is 2.72. The summed E-state index contributed by atoms with van der Waals surface area (Å²) in [5.74, 6) is 0.533. The molecule has 136 valence electrons. The molecule has 0 radical (unpaired) electrons. The number of amides is 2. The van der Waals surface area contributed by atoms with Gasteiger partial charge in [0.15, 0.2) is 0 Å². The smallest absolute Gasteiger partial charge is 0.317 e. The Kier molecular flexibility index (Phi) is 4.05. The van der Waals surface area contributed by atoms with E-state index >= 15 is 0 Å². The number of nitrogens with zero attached hydrogens (tertiary/aromatic N) is 2. The van der Waals surface area contributed by atoms with E-state index in [9.17, 15) is 9.90 Å². The van der Waals surface area contributed by atoms with Crippen LogP contribution in [0.25, 0.3) is 0 Å². The Hall–Kier alpha value is -0.850. The molecule has 0 aromatic carbocycles. The second-order valence-electron chi connectivity index (χ2n) is 8.83. The first-order valence-electron chi connectivity index (χ1n) is 9.51. The first-order valence-corrected chi connectivity index (χ1v) is 9.51. The van der Waals surface area contributed by atoms with E-state index in [0.717, 1.165) is 39.2 Å². The summed E-state index contributed by atoms with van der Waals surface area (Å²) in [6, 6.07) is 0.417. The Bertz CT molecular complexity index is 492. The van der Waals surface area contributed by atoms with Gasteiger partial charge in [0.25, 0.3) is 0 Å². The van der Waals surface area contributed by atoms with E-state index in [-0.39, 0.29) is 11.4 Å². The molecule has 0 aromatic rings. The SMILES string of the molecule is CC(C)(O)CN1CCN(C(=O)N[C@@H]2[C@H]3CCO[C@H]3C23CCC3)CC1. The first kappa shape index (κ1) is 16.6. The molecule has 2 aliphatic carbocycles. The molecule has 2 saturated heterocycles. The number of carbonyl (C=O) groups is 1. The molecule has 6 heteroatoms. The molecule has 4 fully saturated rings. The fourth-order valence-corrected chi connectivity index (χ4v) is 5.34. The average Bonchev–Trinajstić information content (AvgIpc) is 2.87. The highest BCUT2D eigenvalue weighted by Crippen LogP contribution is 2.62. The molecule has 0 aromatic heterocycles. The van der Waals surface area contributed by atoms with Gasteiger partial charge in [0.05, 0.1) is 11.7 Å². The average molecular weight is 337 g/mol. The Labute approximate surface area is 144 Å². The van der Waals surface area contributed by atoms with E-state index in [0.29, 0.717) is 24.6 Å². The molecule has 0 unspecified atom stereocenters. The van der Waals surface area contributed by atoms with Gasteiger partial charge in [0, 0.05) is 56.7 Å². The highest BCUT2D eigenvalue weighted by molar-refractivity contribution is 5.75. The van der Waals surface area contributed by atoms with E-state index < -0.39 is 5.60 Å². The van der Waals surface area contributed by atoms with Crippen molar-refractivity contribution in [3.05, 3.63) is 0 Å². The van der Waals surface area contributed by atoms with Gasteiger partial charge in [-0.3, -0.25) is 4.90 Å².